The van der Waals surface area contributed by atoms with E-state index in [2.05, 4.69) is 32.6 Å². The van der Waals surface area contributed by atoms with Crippen molar-refractivity contribution < 1.29 is 9.47 Å². The molecule has 12 heavy (non-hydrogen) atoms. The number of methoxy groups -OCH3 is 2. The van der Waals surface area contributed by atoms with Gasteiger partial charge < -0.3 is 9.47 Å². The van der Waals surface area contributed by atoms with E-state index in [0.717, 1.165) is 0 Å². The molecule has 0 saturated heterocycles. The van der Waals surface area contributed by atoms with Gasteiger partial charge in [0.1, 0.15) is 0 Å². The fraction of sp³-hybridized carbons (Fsp3) is 0.800. The maximum atomic E-state index is 4.99. The van der Waals surface area contributed by atoms with E-state index < -0.39 is 0 Å². The number of rotatable bonds is 3. The summed E-state index contributed by atoms with van der Waals surface area (Å²) in [6.07, 6.45) is 0.435. The molecule has 0 aliphatic carbocycles. The van der Waals surface area contributed by atoms with Crippen LogP contribution in [-0.4, -0.2) is 20.5 Å². The third kappa shape index (κ3) is 6.21. The molecule has 0 N–H and O–H groups in total. The Bertz CT molecular complexity index is 165. The summed E-state index contributed by atoms with van der Waals surface area (Å²) in [5.74, 6) is 6.14. The average molecular weight is 170 g/mol. The molecule has 0 fully saturated rings. The van der Waals surface area contributed by atoms with Crippen LogP contribution in [0.3, 0.4) is 0 Å². The minimum Gasteiger partial charge on any atom is -0.355 e. The highest BCUT2D eigenvalue weighted by molar-refractivity contribution is 5.07. The Kier molecular flexibility index (Phi) is 4.96. The third-order valence-corrected chi connectivity index (χ3v) is 1.26. The molecular weight excluding hydrogens is 152 g/mol. The monoisotopic (exact) mass is 170 g/mol. The lowest BCUT2D eigenvalue weighted by Crippen LogP contribution is -2.11. The first kappa shape index (κ1) is 11.5. The van der Waals surface area contributed by atoms with Crippen LogP contribution in [0.1, 0.15) is 27.2 Å². The van der Waals surface area contributed by atoms with E-state index in [1.54, 1.807) is 14.2 Å². The molecule has 0 aromatic rings. The fourth-order valence-corrected chi connectivity index (χ4v) is 0.662. The van der Waals surface area contributed by atoms with Gasteiger partial charge in [0.2, 0.25) is 0 Å². The van der Waals surface area contributed by atoms with Crippen molar-refractivity contribution in [2.75, 3.05) is 14.2 Å². The molecule has 0 bridgehead atoms. The summed E-state index contributed by atoms with van der Waals surface area (Å²) in [6, 6.07) is 0. The van der Waals surface area contributed by atoms with Crippen LogP contribution in [0.15, 0.2) is 0 Å². The lowest BCUT2D eigenvalue weighted by Gasteiger charge is -2.10. The molecular formula is C10H18O2. The molecule has 2 heteroatoms. The SMILES string of the molecule is COC(CC#CC(C)(C)C)OC. The Morgan fingerprint density at radius 3 is 2.00 bits per heavy atom. The molecule has 0 aliphatic heterocycles. The van der Waals surface area contributed by atoms with Crippen molar-refractivity contribution in [3.63, 3.8) is 0 Å². The first-order valence-corrected chi connectivity index (χ1v) is 4.05. The number of hydrogen-bond donors (Lipinski definition) is 0. The van der Waals surface area contributed by atoms with Gasteiger partial charge in [0, 0.05) is 19.6 Å². The zero-order valence-corrected chi connectivity index (χ0v) is 8.60. The highest BCUT2D eigenvalue weighted by Gasteiger charge is 2.05. The molecule has 0 aromatic heterocycles. The van der Waals surface area contributed by atoms with E-state index in [-0.39, 0.29) is 11.7 Å². The predicted molar refractivity (Wildman–Crippen MR) is 49.7 cm³/mol. The molecule has 0 rings (SSSR count). The van der Waals surface area contributed by atoms with Crippen molar-refractivity contribution in [2.45, 2.75) is 33.5 Å². The van der Waals surface area contributed by atoms with Gasteiger partial charge >= 0.3 is 0 Å². The maximum Gasteiger partial charge on any atom is 0.167 e. The molecule has 0 unspecified atom stereocenters. The van der Waals surface area contributed by atoms with E-state index in [0.29, 0.717) is 6.42 Å². The van der Waals surface area contributed by atoms with E-state index >= 15 is 0 Å². The van der Waals surface area contributed by atoms with Gasteiger partial charge in [-0.15, -0.1) is 0 Å². The molecule has 0 aliphatic rings. The van der Waals surface area contributed by atoms with Gasteiger partial charge in [-0.05, 0) is 20.8 Å². The third-order valence-electron chi connectivity index (χ3n) is 1.26. The van der Waals surface area contributed by atoms with E-state index in [1.165, 1.54) is 0 Å². The standard InChI is InChI=1S/C10H18O2/c1-10(2,3)8-6-7-9(11-4)12-5/h9H,7H2,1-5H3. The summed E-state index contributed by atoms with van der Waals surface area (Å²) in [7, 11) is 3.24. The van der Waals surface area contributed by atoms with Gasteiger partial charge in [-0.1, -0.05) is 11.8 Å². The van der Waals surface area contributed by atoms with Gasteiger partial charge in [0.25, 0.3) is 0 Å². The molecule has 0 aromatic carbocycles. The lowest BCUT2D eigenvalue weighted by molar-refractivity contribution is -0.0973. The minimum atomic E-state index is -0.195. The molecule has 0 amide bonds. The highest BCUT2D eigenvalue weighted by atomic mass is 16.7. The number of hydrogen-bond acceptors (Lipinski definition) is 2. The summed E-state index contributed by atoms with van der Waals surface area (Å²) in [6.45, 7) is 6.23. The Morgan fingerprint density at radius 1 is 1.17 bits per heavy atom. The van der Waals surface area contributed by atoms with Crippen LogP contribution >= 0.6 is 0 Å². The molecule has 0 saturated carbocycles. The van der Waals surface area contributed by atoms with E-state index in [4.69, 9.17) is 9.47 Å². The minimum absolute atomic E-state index is 0.0615. The summed E-state index contributed by atoms with van der Waals surface area (Å²) in [5.41, 5.74) is 0.0615. The fourth-order valence-electron chi connectivity index (χ4n) is 0.662. The maximum absolute atomic E-state index is 4.99. The van der Waals surface area contributed by atoms with Gasteiger partial charge in [0.05, 0.1) is 6.42 Å². The van der Waals surface area contributed by atoms with Crippen molar-refractivity contribution in [2.24, 2.45) is 5.41 Å². The summed E-state index contributed by atoms with van der Waals surface area (Å²) >= 11 is 0. The largest absolute Gasteiger partial charge is 0.355 e. The topological polar surface area (TPSA) is 18.5 Å². The van der Waals surface area contributed by atoms with Gasteiger partial charge in [-0.25, -0.2) is 0 Å². The van der Waals surface area contributed by atoms with E-state index in [9.17, 15) is 0 Å². The molecule has 0 atom stereocenters. The zero-order chi connectivity index (χ0) is 9.61. The van der Waals surface area contributed by atoms with Crippen LogP contribution in [0.2, 0.25) is 0 Å². The van der Waals surface area contributed by atoms with Crippen LogP contribution in [0.5, 0.6) is 0 Å². The molecule has 0 heterocycles. The van der Waals surface area contributed by atoms with Crippen LogP contribution in [0, 0.1) is 17.3 Å². The Balaban J connectivity index is 3.84. The molecule has 70 valence electrons. The van der Waals surface area contributed by atoms with Crippen molar-refractivity contribution >= 4 is 0 Å². The zero-order valence-electron chi connectivity index (χ0n) is 8.60. The smallest absolute Gasteiger partial charge is 0.167 e. The average Bonchev–Trinajstić information content (AvgIpc) is 1.96. The Labute approximate surface area is 75.3 Å². The van der Waals surface area contributed by atoms with E-state index in [1.807, 2.05) is 0 Å². The summed E-state index contributed by atoms with van der Waals surface area (Å²) in [5, 5.41) is 0. The van der Waals surface area contributed by atoms with Crippen LogP contribution < -0.4 is 0 Å². The van der Waals surface area contributed by atoms with Crippen molar-refractivity contribution in [3.8, 4) is 11.8 Å². The van der Waals surface area contributed by atoms with Crippen molar-refractivity contribution in [3.05, 3.63) is 0 Å². The van der Waals surface area contributed by atoms with Crippen molar-refractivity contribution in [1.82, 2.24) is 0 Å². The Hall–Kier alpha value is -0.520. The number of ether oxygens (including phenoxy) is 2. The highest BCUT2D eigenvalue weighted by Crippen LogP contribution is 2.10. The summed E-state index contributed by atoms with van der Waals surface area (Å²) < 4.78 is 9.98. The van der Waals surface area contributed by atoms with Crippen LogP contribution in [0.4, 0.5) is 0 Å². The quantitative estimate of drug-likeness (QED) is 0.476. The second-order valence-electron chi connectivity index (χ2n) is 3.66. The van der Waals surface area contributed by atoms with Gasteiger partial charge in [-0.2, -0.15) is 0 Å². The van der Waals surface area contributed by atoms with Gasteiger partial charge in [0.15, 0.2) is 6.29 Å². The predicted octanol–water partition coefficient (Wildman–Crippen LogP) is 2.04. The normalized spacial score (nSPS) is 11.2. The van der Waals surface area contributed by atoms with Gasteiger partial charge in [-0.3, -0.25) is 0 Å². The molecule has 0 spiro atoms. The Morgan fingerprint density at radius 2 is 1.67 bits per heavy atom. The van der Waals surface area contributed by atoms with Crippen LogP contribution in [-0.2, 0) is 9.47 Å². The second-order valence-corrected chi connectivity index (χ2v) is 3.66. The first-order chi connectivity index (χ1) is 5.49. The summed E-state index contributed by atoms with van der Waals surface area (Å²) in [4.78, 5) is 0. The van der Waals surface area contributed by atoms with Crippen molar-refractivity contribution in [1.29, 1.82) is 0 Å². The molecule has 0 radical (unpaired) electrons. The molecule has 2 nitrogen and oxygen atoms in total. The lowest BCUT2D eigenvalue weighted by atomic mass is 9.98. The van der Waals surface area contributed by atoms with Crippen LogP contribution in [0.25, 0.3) is 0 Å². The second kappa shape index (κ2) is 5.18. The first-order valence-electron chi connectivity index (χ1n) is 4.05.